The van der Waals surface area contributed by atoms with E-state index < -0.39 is 6.04 Å². The molecule has 22 heavy (non-hydrogen) atoms. The number of rotatable bonds is 5. The predicted molar refractivity (Wildman–Crippen MR) is 88.4 cm³/mol. The van der Waals surface area contributed by atoms with Gasteiger partial charge in [-0.15, -0.1) is 0 Å². The van der Waals surface area contributed by atoms with Crippen molar-refractivity contribution in [1.29, 1.82) is 0 Å². The number of hydrogen-bond donors (Lipinski definition) is 1. The molecule has 0 saturated heterocycles. The fraction of sp³-hybridized carbons (Fsp3) is 0.533. The lowest BCUT2D eigenvalue weighted by atomic mass is 9.87. The Kier molecular flexibility index (Phi) is 4.93. The summed E-state index contributed by atoms with van der Waals surface area (Å²) in [4.78, 5) is 44.0. The molecule has 2 rings (SSSR count). The number of carbonyl (C=O) groups is 3. The lowest BCUT2D eigenvalue weighted by Gasteiger charge is -2.28. The van der Waals surface area contributed by atoms with Crippen LogP contribution >= 0.6 is 22.6 Å². The molecule has 6 nitrogen and oxygen atoms in total. The average molecular weight is 415 g/mol. The van der Waals surface area contributed by atoms with Crippen molar-refractivity contribution >= 4 is 38.1 Å². The Morgan fingerprint density at radius 1 is 1.27 bits per heavy atom. The number of halogens is 1. The van der Waals surface area contributed by atoms with Crippen LogP contribution in [0, 0.1) is 17.3 Å². The second kappa shape index (κ2) is 6.39. The highest BCUT2D eigenvalue weighted by atomic mass is 127. The van der Waals surface area contributed by atoms with Crippen LogP contribution in [0.4, 0.5) is 0 Å². The molecular weight excluding hydrogens is 397 g/mol. The summed E-state index contributed by atoms with van der Waals surface area (Å²) in [5.41, 5.74) is -0.0899. The van der Waals surface area contributed by atoms with Gasteiger partial charge in [0.25, 0.3) is 0 Å². The van der Waals surface area contributed by atoms with E-state index in [1.165, 1.54) is 18.6 Å². The smallest absolute Gasteiger partial charge is 0.224 e. The van der Waals surface area contributed by atoms with Crippen molar-refractivity contribution in [3.63, 3.8) is 0 Å². The van der Waals surface area contributed by atoms with Crippen LogP contribution < -0.4 is 5.32 Å². The molecule has 1 aromatic rings. The van der Waals surface area contributed by atoms with E-state index in [9.17, 15) is 14.4 Å². The van der Waals surface area contributed by atoms with Crippen LogP contribution in [0.1, 0.15) is 37.7 Å². The van der Waals surface area contributed by atoms with Crippen molar-refractivity contribution in [2.75, 3.05) is 0 Å². The van der Waals surface area contributed by atoms with E-state index >= 15 is 0 Å². The van der Waals surface area contributed by atoms with Crippen molar-refractivity contribution in [3.8, 4) is 0 Å². The SMILES string of the molecule is CC(C)(C)[C@H](NC(=O)[C@@H]1CC1C(=O)c1cnccn1)C(=O)I. The maximum atomic E-state index is 12.3. The number of ketones is 1. The average Bonchev–Trinajstić information content (AvgIpc) is 3.23. The molecule has 0 spiro atoms. The van der Waals surface area contributed by atoms with E-state index in [0.29, 0.717) is 6.42 Å². The molecule has 1 aliphatic carbocycles. The van der Waals surface area contributed by atoms with Crippen LogP contribution in [0.2, 0.25) is 0 Å². The van der Waals surface area contributed by atoms with Crippen LogP contribution in [0.5, 0.6) is 0 Å². The van der Waals surface area contributed by atoms with E-state index in [1.54, 1.807) is 22.6 Å². The minimum Gasteiger partial charge on any atom is -0.345 e. The molecule has 0 aromatic carbocycles. The van der Waals surface area contributed by atoms with Gasteiger partial charge in [0, 0.05) is 46.8 Å². The normalized spacial score (nSPS) is 21.8. The van der Waals surface area contributed by atoms with Gasteiger partial charge in [-0.1, -0.05) is 20.8 Å². The number of aromatic nitrogens is 2. The molecule has 1 unspecified atom stereocenters. The lowest BCUT2D eigenvalue weighted by molar-refractivity contribution is -0.127. The summed E-state index contributed by atoms with van der Waals surface area (Å²) in [5.74, 6) is -1.15. The first-order chi connectivity index (χ1) is 10.2. The number of nitrogens with one attached hydrogen (secondary N) is 1. The zero-order valence-corrected chi connectivity index (χ0v) is 14.8. The Labute approximate surface area is 142 Å². The second-order valence-electron chi connectivity index (χ2n) is 6.52. The van der Waals surface area contributed by atoms with E-state index in [0.717, 1.165) is 0 Å². The fourth-order valence-corrected chi connectivity index (χ4v) is 3.34. The van der Waals surface area contributed by atoms with Gasteiger partial charge >= 0.3 is 0 Å². The van der Waals surface area contributed by atoms with Gasteiger partial charge in [0.05, 0.1) is 6.20 Å². The van der Waals surface area contributed by atoms with Crippen molar-refractivity contribution in [2.24, 2.45) is 17.3 Å². The molecule has 3 atom stereocenters. The molecule has 1 aliphatic rings. The number of Topliss-reactive ketones (excluding diaryl/α,β-unsaturated/α-hetero) is 1. The van der Waals surface area contributed by atoms with Crippen molar-refractivity contribution in [1.82, 2.24) is 15.3 Å². The molecule has 1 N–H and O–H groups in total. The summed E-state index contributed by atoms with van der Waals surface area (Å²) >= 11 is 1.70. The number of amides is 1. The molecule has 0 aliphatic heterocycles. The molecule has 1 amide bonds. The summed E-state index contributed by atoms with van der Waals surface area (Å²) < 4.78 is -0.115. The molecule has 1 fully saturated rings. The first kappa shape index (κ1) is 17.0. The summed E-state index contributed by atoms with van der Waals surface area (Å²) in [5, 5.41) is 2.77. The third-order valence-electron chi connectivity index (χ3n) is 3.66. The van der Waals surface area contributed by atoms with E-state index in [1.807, 2.05) is 20.8 Å². The van der Waals surface area contributed by atoms with Gasteiger partial charge in [-0.2, -0.15) is 0 Å². The first-order valence-electron chi connectivity index (χ1n) is 7.01. The van der Waals surface area contributed by atoms with Crippen molar-refractivity contribution < 1.29 is 14.4 Å². The third kappa shape index (κ3) is 3.88. The quantitative estimate of drug-likeness (QED) is 0.450. The molecule has 1 aromatic heterocycles. The second-order valence-corrected chi connectivity index (χ2v) is 7.58. The Bertz CT molecular complexity index is 598. The van der Waals surface area contributed by atoms with Crippen LogP contribution in [0.25, 0.3) is 0 Å². The van der Waals surface area contributed by atoms with Crippen LogP contribution in [-0.4, -0.2) is 31.5 Å². The van der Waals surface area contributed by atoms with Crippen molar-refractivity contribution in [3.05, 3.63) is 24.3 Å². The van der Waals surface area contributed by atoms with Gasteiger partial charge in [0.2, 0.25) is 9.70 Å². The van der Waals surface area contributed by atoms with Crippen LogP contribution in [0.15, 0.2) is 18.6 Å². The Morgan fingerprint density at radius 2 is 1.95 bits per heavy atom. The van der Waals surface area contributed by atoms with Crippen LogP contribution in [-0.2, 0) is 9.59 Å². The fourth-order valence-electron chi connectivity index (χ4n) is 2.25. The maximum Gasteiger partial charge on any atom is 0.224 e. The molecule has 1 heterocycles. The molecule has 7 heteroatoms. The van der Waals surface area contributed by atoms with Gasteiger partial charge in [-0.3, -0.25) is 19.4 Å². The van der Waals surface area contributed by atoms with Gasteiger partial charge in [0.1, 0.15) is 11.7 Å². The standard InChI is InChI=1S/C15H18IN3O3/c1-15(2,3)12(13(16)21)19-14(22)9-6-8(9)11(20)10-7-17-4-5-18-10/h4-5,7-9,12H,6H2,1-3H3,(H,19,22)/t8?,9-,12-/m1/s1. The molecule has 0 radical (unpaired) electrons. The molecule has 118 valence electrons. The minimum absolute atomic E-state index is 0.115. The number of nitrogens with zero attached hydrogens (tertiary/aromatic N) is 2. The minimum atomic E-state index is -0.562. The summed E-state index contributed by atoms with van der Waals surface area (Å²) in [6.07, 6.45) is 4.85. The third-order valence-corrected chi connectivity index (χ3v) is 4.28. The number of carbonyl (C=O) groups excluding carboxylic acids is 3. The summed E-state index contributed by atoms with van der Waals surface area (Å²) in [7, 11) is 0. The maximum absolute atomic E-state index is 12.3. The van der Waals surface area contributed by atoms with Gasteiger partial charge in [0.15, 0.2) is 5.78 Å². The largest absolute Gasteiger partial charge is 0.345 e. The summed E-state index contributed by atoms with van der Waals surface area (Å²) in [6.45, 7) is 5.68. The Balaban J connectivity index is 1.99. The first-order valence-corrected chi connectivity index (χ1v) is 8.09. The highest BCUT2D eigenvalue weighted by Crippen LogP contribution is 2.41. The zero-order valence-electron chi connectivity index (χ0n) is 12.7. The predicted octanol–water partition coefficient (Wildman–Crippen LogP) is 1.79. The lowest BCUT2D eigenvalue weighted by Crippen LogP contribution is -2.48. The molecule has 1 saturated carbocycles. The van der Waals surface area contributed by atoms with Gasteiger partial charge in [-0.25, -0.2) is 4.98 Å². The van der Waals surface area contributed by atoms with Crippen molar-refractivity contribution in [2.45, 2.75) is 33.2 Å². The monoisotopic (exact) mass is 415 g/mol. The van der Waals surface area contributed by atoms with Crippen LogP contribution in [0.3, 0.4) is 0 Å². The highest BCUT2D eigenvalue weighted by Gasteiger charge is 2.49. The molecule has 0 bridgehead atoms. The van der Waals surface area contributed by atoms with Gasteiger partial charge < -0.3 is 5.32 Å². The zero-order chi connectivity index (χ0) is 16.5. The Hall–Kier alpha value is -1.38. The van der Waals surface area contributed by atoms with Gasteiger partial charge in [-0.05, 0) is 11.8 Å². The number of hydrogen-bond acceptors (Lipinski definition) is 5. The highest BCUT2D eigenvalue weighted by molar-refractivity contribution is 14.1. The topological polar surface area (TPSA) is 89.0 Å². The van der Waals surface area contributed by atoms with E-state index in [4.69, 9.17) is 0 Å². The summed E-state index contributed by atoms with van der Waals surface area (Å²) in [6, 6.07) is -0.562. The Morgan fingerprint density at radius 3 is 2.45 bits per heavy atom. The molecular formula is C15H18IN3O3. The van der Waals surface area contributed by atoms with E-state index in [-0.39, 0.29) is 38.4 Å². The van der Waals surface area contributed by atoms with E-state index in [2.05, 4.69) is 15.3 Å².